The zero-order chi connectivity index (χ0) is 18.5. The minimum atomic E-state index is 0.0233. The Morgan fingerprint density at radius 3 is 2.54 bits per heavy atom. The minimum Gasteiger partial charge on any atom is -0.504 e. The Bertz CT molecular complexity index is 727. The van der Waals surface area contributed by atoms with Crippen LogP contribution in [0.1, 0.15) is 61.3 Å². The molecule has 0 amide bonds. The summed E-state index contributed by atoms with van der Waals surface area (Å²) in [5.41, 5.74) is 4.66. The molecule has 3 heteroatoms. The Balaban J connectivity index is 2.09. The number of benzene rings is 2. The summed E-state index contributed by atoms with van der Waals surface area (Å²) in [7, 11) is 0. The van der Waals surface area contributed by atoms with Crippen LogP contribution >= 0.6 is 0 Å². The first kappa shape index (κ1) is 18.8. The van der Waals surface area contributed by atoms with E-state index < -0.39 is 0 Å². The first-order valence-electron chi connectivity index (χ1n) is 9.99. The molecule has 2 aromatic carbocycles. The number of aromatic hydroxyl groups is 2. The zero-order valence-electron chi connectivity index (χ0n) is 16.0. The second-order valence-corrected chi connectivity index (χ2v) is 7.41. The smallest absolute Gasteiger partial charge is 0.160 e. The minimum absolute atomic E-state index is 0.0233. The van der Waals surface area contributed by atoms with Gasteiger partial charge in [0, 0.05) is 24.6 Å². The highest BCUT2D eigenvalue weighted by Gasteiger charge is 2.28. The molecular formula is C23H31NO2. The molecule has 140 valence electrons. The number of unbranched alkanes of at least 4 members (excludes halogenated alkanes) is 1. The van der Waals surface area contributed by atoms with Crippen molar-refractivity contribution >= 4 is 0 Å². The molecule has 3 rings (SSSR count). The number of fused-ring (bicyclic) bond motifs is 1. The molecular weight excluding hydrogens is 322 g/mol. The summed E-state index contributed by atoms with van der Waals surface area (Å²) in [6.45, 7) is 7.43. The topological polar surface area (TPSA) is 43.7 Å². The van der Waals surface area contributed by atoms with Gasteiger partial charge in [0.15, 0.2) is 11.5 Å². The van der Waals surface area contributed by atoms with E-state index in [1.54, 1.807) is 0 Å². The number of phenolic OH excluding ortho intramolecular Hbond substituents is 2. The van der Waals surface area contributed by atoms with Gasteiger partial charge in [-0.2, -0.15) is 0 Å². The lowest BCUT2D eigenvalue weighted by Gasteiger charge is -2.25. The molecule has 0 bridgehead atoms. The number of phenols is 2. The summed E-state index contributed by atoms with van der Waals surface area (Å²) in [5.74, 6) is 0.335. The van der Waals surface area contributed by atoms with Crippen LogP contribution in [0.2, 0.25) is 0 Å². The van der Waals surface area contributed by atoms with Crippen LogP contribution in [0, 0.1) is 0 Å². The van der Waals surface area contributed by atoms with Gasteiger partial charge >= 0.3 is 0 Å². The fourth-order valence-corrected chi connectivity index (χ4v) is 4.17. The molecule has 0 aromatic heterocycles. The zero-order valence-corrected chi connectivity index (χ0v) is 16.0. The molecule has 2 aromatic rings. The number of nitrogens with zero attached hydrogens (tertiary/aromatic N) is 1. The van der Waals surface area contributed by atoms with E-state index in [4.69, 9.17) is 0 Å². The van der Waals surface area contributed by atoms with E-state index in [0.29, 0.717) is 0 Å². The van der Waals surface area contributed by atoms with Crippen molar-refractivity contribution in [2.45, 2.75) is 51.9 Å². The average molecular weight is 354 g/mol. The Morgan fingerprint density at radius 2 is 1.85 bits per heavy atom. The summed E-state index contributed by atoms with van der Waals surface area (Å²) in [6, 6.07) is 12.4. The maximum atomic E-state index is 10.5. The Hall–Kier alpha value is -2.00. The first-order valence-corrected chi connectivity index (χ1v) is 9.99. The number of hydrogen-bond acceptors (Lipinski definition) is 3. The Labute approximate surface area is 157 Å². The van der Waals surface area contributed by atoms with E-state index in [1.807, 2.05) is 12.1 Å². The Morgan fingerprint density at radius 1 is 1.08 bits per heavy atom. The lowest BCUT2D eigenvalue weighted by atomic mass is 9.84. The van der Waals surface area contributed by atoms with Crippen molar-refractivity contribution in [2.75, 3.05) is 19.6 Å². The van der Waals surface area contributed by atoms with Crippen LogP contribution in [-0.4, -0.2) is 34.7 Å². The van der Waals surface area contributed by atoms with Gasteiger partial charge in [-0.1, -0.05) is 57.0 Å². The summed E-state index contributed by atoms with van der Waals surface area (Å²) < 4.78 is 0. The predicted molar refractivity (Wildman–Crippen MR) is 107 cm³/mol. The maximum Gasteiger partial charge on any atom is 0.160 e. The van der Waals surface area contributed by atoms with Gasteiger partial charge in [-0.15, -0.1) is 0 Å². The third-order valence-corrected chi connectivity index (χ3v) is 5.56. The van der Waals surface area contributed by atoms with Crippen LogP contribution in [0.25, 0.3) is 0 Å². The second-order valence-electron chi connectivity index (χ2n) is 7.41. The monoisotopic (exact) mass is 353 g/mol. The van der Waals surface area contributed by atoms with Gasteiger partial charge in [0.2, 0.25) is 0 Å². The molecule has 1 atom stereocenters. The van der Waals surface area contributed by atoms with Crippen LogP contribution in [0.4, 0.5) is 0 Å². The lowest BCUT2D eigenvalue weighted by Crippen LogP contribution is -2.29. The van der Waals surface area contributed by atoms with Crippen LogP contribution in [0.3, 0.4) is 0 Å². The number of rotatable bonds is 6. The van der Waals surface area contributed by atoms with E-state index in [2.05, 4.69) is 43.0 Å². The van der Waals surface area contributed by atoms with E-state index >= 15 is 0 Å². The normalized spacial score (nSPS) is 17.7. The summed E-state index contributed by atoms with van der Waals surface area (Å²) in [4.78, 5) is 2.55. The quantitative estimate of drug-likeness (QED) is 0.730. The summed E-state index contributed by atoms with van der Waals surface area (Å²) >= 11 is 0. The van der Waals surface area contributed by atoms with Gasteiger partial charge in [0.05, 0.1) is 0 Å². The van der Waals surface area contributed by atoms with Gasteiger partial charge < -0.3 is 15.1 Å². The molecule has 2 N–H and O–H groups in total. The average Bonchev–Trinajstić information content (AvgIpc) is 2.84. The van der Waals surface area contributed by atoms with Gasteiger partial charge in [0.1, 0.15) is 0 Å². The number of hydrogen-bond donors (Lipinski definition) is 2. The van der Waals surface area contributed by atoms with Crippen molar-refractivity contribution in [2.24, 2.45) is 0 Å². The lowest BCUT2D eigenvalue weighted by molar-refractivity contribution is 0.272. The highest BCUT2D eigenvalue weighted by molar-refractivity contribution is 5.56. The van der Waals surface area contributed by atoms with Gasteiger partial charge in [0.25, 0.3) is 0 Å². The first-order chi connectivity index (χ1) is 12.7. The fourth-order valence-electron chi connectivity index (χ4n) is 4.17. The molecule has 0 fully saturated rings. The van der Waals surface area contributed by atoms with Crippen molar-refractivity contribution in [3.8, 4) is 11.5 Å². The predicted octanol–water partition coefficient (Wildman–Crippen LogP) is 4.84. The second kappa shape index (κ2) is 8.59. The molecule has 1 aliphatic rings. The van der Waals surface area contributed by atoms with Crippen LogP contribution in [0.15, 0.2) is 36.4 Å². The SMILES string of the molecule is CCCCN1CCc2c(cc(O)c(O)c2CCC)C(c2ccccc2)C1. The van der Waals surface area contributed by atoms with Gasteiger partial charge in [-0.3, -0.25) is 0 Å². The summed E-state index contributed by atoms with van der Waals surface area (Å²) in [5, 5.41) is 20.9. The van der Waals surface area contributed by atoms with Crippen molar-refractivity contribution < 1.29 is 10.2 Å². The van der Waals surface area contributed by atoms with Crippen molar-refractivity contribution in [1.82, 2.24) is 4.90 Å². The van der Waals surface area contributed by atoms with E-state index in [9.17, 15) is 10.2 Å². The summed E-state index contributed by atoms with van der Waals surface area (Å²) in [6.07, 6.45) is 5.10. The molecule has 0 saturated heterocycles. The van der Waals surface area contributed by atoms with Crippen LogP contribution < -0.4 is 0 Å². The highest BCUT2D eigenvalue weighted by Crippen LogP contribution is 2.41. The third kappa shape index (κ3) is 3.88. The molecule has 1 heterocycles. The Kier molecular flexibility index (Phi) is 6.20. The van der Waals surface area contributed by atoms with Crippen molar-refractivity contribution in [3.63, 3.8) is 0 Å². The molecule has 0 aliphatic carbocycles. The molecule has 0 saturated carbocycles. The standard InChI is InChI=1S/C23H31NO2/c1-3-5-13-24-14-12-18-19(9-4-2)23(26)22(25)15-20(18)21(16-24)17-10-7-6-8-11-17/h6-8,10-11,15,21,25-26H,3-5,9,12-14,16H2,1-2H3. The van der Waals surface area contributed by atoms with Crippen molar-refractivity contribution in [3.05, 3.63) is 58.7 Å². The highest BCUT2D eigenvalue weighted by atomic mass is 16.3. The maximum absolute atomic E-state index is 10.5. The van der Waals surface area contributed by atoms with Crippen molar-refractivity contribution in [1.29, 1.82) is 0 Å². The molecule has 3 nitrogen and oxygen atoms in total. The largest absolute Gasteiger partial charge is 0.504 e. The third-order valence-electron chi connectivity index (χ3n) is 5.56. The molecule has 1 aliphatic heterocycles. The van der Waals surface area contributed by atoms with Crippen LogP contribution in [0.5, 0.6) is 11.5 Å². The fraction of sp³-hybridized carbons (Fsp3) is 0.478. The van der Waals surface area contributed by atoms with E-state index in [0.717, 1.165) is 44.5 Å². The van der Waals surface area contributed by atoms with E-state index in [-0.39, 0.29) is 17.4 Å². The molecule has 26 heavy (non-hydrogen) atoms. The molecule has 0 spiro atoms. The van der Waals surface area contributed by atoms with E-state index in [1.165, 1.54) is 29.5 Å². The molecule has 1 unspecified atom stereocenters. The molecule has 0 radical (unpaired) electrons. The van der Waals surface area contributed by atoms with Crippen LogP contribution in [-0.2, 0) is 12.8 Å². The van der Waals surface area contributed by atoms with Gasteiger partial charge in [-0.25, -0.2) is 0 Å². The van der Waals surface area contributed by atoms with Gasteiger partial charge in [-0.05, 0) is 48.6 Å².